The monoisotopic (exact) mass is 285 g/mol. The summed E-state index contributed by atoms with van der Waals surface area (Å²) in [5.41, 5.74) is 0.997. The summed E-state index contributed by atoms with van der Waals surface area (Å²) in [5, 5.41) is 5.54. The van der Waals surface area contributed by atoms with Crippen molar-refractivity contribution in [3.63, 3.8) is 0 Å². The van der Waals surface area contributed by atoms with Crippen LogP contribution in [0.4, 0.5) is 5.82 Å². The molecule has 0 saturated heterocycles. The average molecular weight is 285 g/mol. The van der Waals surface area contributed by atoms with E-state index in [4.69, 9.17) is 0 Å². The topological polar surface area (TPSA) is 74.0 Å². The number of carbonyl (C=O) groups is 2. The lowest BCUT2D eigenvalue weighted by molar-refractivity contribution is 0.0943. The second-order valence-electron chi connectivity index (χ2n) is 5.21. The molecule has 1 aromatic carbocycles. The highest BCUT2D eigenvalue weighted by Gasteiger charge is 2.10. The Morgan fingerprint density at radius 3 is 2.43 bits per heavy atom. The number of carbonyl (C=O) groups excluding carboxylic acids is 2. The van der Waals surface area contributed by atoms with E-state index in [1.807, 2.05) is 19.9 Å². The summed E-state index contributed by atoms with van der Waals surface area (Å²) < 4.78 is 0. The summed E-state index contributed by atoms with van der Waals surface area (Å²) in [6.07, 6.45) is 0. The Balaban J connectivity index is 1.97. The second kappa shape index (κ2) is 6.74. The Morgan fingerprint density at radius 1 is 1.05 bits per heavy atom. The molecule has 2 rings (SSSR count). The number of amides is 2. The number of benzene rings is 1. The first-order chi connectivity index (χ1) is 10.1. The molecular formula is C16H19N3O2. The quantitative estimate of drug-likeness (QED) is 0.790. The molecule has 2 aromatic rings. The maximum Gasteiger partial charge on any atom is 0.267 e. The highest BCUT2D eigenvalue weighted by Crippen LogP contribution is 2.10. The van der Waals surface area contributed by atoms with Gasteiger partial charge >= 0.3 is 0 Å². The van der Waals surface area contributed by atoms with Crippen LogP contribution in [-0.4, -0.2) is 23.3 Å². The zero-order valence-electron chi connectivity index (χ0n) is 12.1. The number of anilines is 1. The van der Waals surface area contributed by atoms with Crippen LogP contribution in [-0.2, 0) is 0 Å². The van der Waals surface area contributed by atoms with Gasteiger partial charge in [-0.3, -0.25) is 9.59 Å². The Bertz CT molecular complexity index is 617. The van der Waals surface area contributed by atoms with E-state index in [0.717, 1.165) is 0 Å². The molecule has 0 aliphatic heterocycles. The zero-order chi connectivity index (χ0) is 15.2. The summed E-state index contributed by atoms with van der Waals surface area (Å²) in [4.78, 5) is 26.7. The predicted octanol–water partition coefficient (Wildman–Crippen LogP) is 2.65. The number of aromatic nitrogens is 1. The van der Waals surface area contributed by atoms with Gasteiger partial charge in [0.15, 0.2) is 0 Å². The summed E-state index contributed by atoms with van der Waals surface area (Å²) >= 11 is 0. The van der Waals surface area contributed by atoms with E-state index in [2.05, 4.69) is 15.6 Å². The van der Waals surface area contributed by atoms with Crippen molar-refractivity contribution in [2.24, 2.45) is 5.92 Å². The van der Waals surface area contributed by atoms with Crippen LogP contribution in [0.5, 0.6) is 0 Å². The van der Waals surface area contributed by atoms with Crippen LogP contribution in [0.1, 0.15) is 34.7 Å². The fourth-order valence-electron chi connectivity index (χ4n) is 1.78. The molecule has 2 amide bonds. The highest BCUT2D eigenvalue weighted by molar-refractivity contribution is 6.04. The molecule has 3 N–H and O–H groups in total. The Hall–Kier alpha value is -2.56. The van der Waals surface area contributed by atoms with Crippen molar-refractivity contribution in [3.05, 3.63) is 53.7 Å². The number of aromatic amines is 1. The molecule has 0 spiro atoms. The number of hydrogen-bond donors (Lipinski definition) is 3. The molecule has 0 aliphatic carbocycles. The molecule has 1 heterocycles. The van der Waals surface area contributed by atoms with Gasteiger partial charge < -0.3 is 15.6 Å². The SMILES string of the molecule is CC(C)CNC(=O)c1ccc(NC(=O)c2ccccc2)[nH]1. The first-order valence-electron chi connectivity index (χ1n) is 6.90. The van der Waals surface area contributed by atoms with E-state index < -0.39 is 0 Å². The first-order valence-corrected chi connectivity index (χ1v) is 6.90. The number of nitrogens with one attached hydrogen (secondary N) is 3. The molecule has 5 heteroatoms. The summed E-state index contributed by atoms with van der Waals surface area (Å²) in [6, 6.07) is 12.2. The van der Waals surface area contributed by atoms with E-state index in [0.29, 0.717) is 29.5 Å². The Morgan fingerprint density at radius 2 is 1.76 bits per heavy atom. The molecular weight excluding hydrogens is 266 g/mol. The van der Waals surface area contributed by atoms with Crippen molar-refractivity contribution in [3.8, 4) is 0 Å². The fraction of sp³-hybridized carbons (Fsp3) is 0.250. The minimum atomic E-state index is -0.216. The summed E-state index contributed by atoms with van der Waals surface area (Å²) in [7, 11) is 0. The van der Waals surface area contributed by atoms with Gasteiger partial charge in [-0.25, -0.2) is 0 Å². The van der Waals surface area contributed by atoms with Gasteiger partial charge in [0.1, 0.15) is 11.5 Å². The minimum absolute atomic E-state index is 0.177. The molecule has 1 aromatic heterocycles. The van der Waals surface area contributed by atoms with Crippen LogP contribution in [0.3, 0.4) is 0 Å². The van der Waals surface area contributed by atoms with E-state index in [1.165, 1.54) is 0 Å². The molecule has 0 radical (unpaired) electrons. The maximum atomic E-state index is 12.0. The van der Waals surface area contributed by atoms with Crippen LogP contribution in [0, 0.1) is 5.92 Å². The van der Waals surface area contributed by atoms with Gasteiger partial charge in [0.2, 0.25) is 0 Å². The number of rotatable bonds is 5. The largest absolute Gasteiger partial charge is 0.351 e. The van der Waals surface area contributed by atoms with Gasteiger partial charge in [0.05, 0.1) is 0 Å². The number of hydrogen-bond acceptors (Lipinski definition) is 2. The fourth-order valence-corrected chi connectivity index (χ4v) is 1.78. The van der Waals surface area contributed by atoms with E-state index in [9.17, 15) is 9.59 Å². The molecule has 0 bridgehead atoms. The van der Waals surface area contributed by atoms with Crippen LogP contribution in [0.25, 0.3) is 0 Å². The number of H-pyrrole nitrogens is 1. The Labute approximate surface area is 123 Å². The van der Waals surface area contributed by atoms with Crippen molar-refractivity contribution in [2.45, 2.75) is 13.8 Å². The molecule has 0 fully saturated rings. The maximum absolute atomic E-state index is 12.0. The molecule has 0 unspecified atom stereocenters. The van der Waals surface area contributed by atoms with Crippen molar-refractivity contribution in [1.29, 1.82) is 0 Å². The van der Waals surface area contributed by atoms with Crippen LogP contribution < -0.4 is 10.6 Å². The third-order valence-electron chi connectivity index (χ3n) is 2.89. The van der Waals surface area contributed by atoms with Gasteiger partial charge in [-0.2, -0.15) is 0 Å². The van der Waals surface area contributed by atoms with Crippen LogP contribution in [0.2, 0.25) is 0 Å². The van der Waals surface area contributed by atoms with E-state index in [1.54, 1.807) is 36.4 Å². The summed E-state index contributed by atoms with van der Waals surface area (Å²) in [5.74, 6) is 0.496. The zero-order valence-corrected chi connectivity index (χ0v) is 12.1. The second-order valence-corrected chi connectivity index (χ2v) is 5.21. The predicted molar refractivity (Wildman–Crippen MR) is 82.4 cm³/mol. The molecule has 21 heavy (non-hydrogen) atoms. The normalized spacial score (nSPS) is 10.4. The van der Waals surface area contributed by atoms with Gasteiger partial charge in [0.25, 0.3) is 11.8 Å². The van der Waals surface area contributed by atoms with E-state index >= 15 is 0 Å². The van der Waals surface area contributed by atoms with Crippen molar-refractivity contribution < 1.29 is 9.59 Å². The molecule has 0 saturated carbocycles. The van der Waals surface area contributed by atoms with Crippen molar-refractivity contribution >= 4 is 17.6 Å². The molecule has 5 nitrogen and oxygen atoms in total. The van der Waals surface area contributed by atoms with Gasteiger partial charge in [0, 0.05) is 12.1 Å². The average Bonchev–Trinajstić information content (AvgIpc) is 2.94. The van der Waals surface area contributed by atoms with Crippen molar-refractivity contribution in [1.82, 2.24) is 10.3 Å². The van der Waals surface area contributed by atoms with Crippen LogP contribution >= 0.6 is 0 Å². The lowest BCUT2D eigenvalue weighted by atomic mass is 10.2. The van der Waals surface area contributed by atoms with Gasteiger partial charge in [-0.1, -0.05) is 32.0 Å². The lowest BCUT2D eigenvalue weighted by Crippen LogP contribution is -2.27. The molecule has 0 atom stereocenters. The molecule has 110 valence electrons. The standard InChI is InChI=1S/C16H19N3O2/c1-11(2)10-17-16(21)13-8-9-14(18-13)19-15(20)12-6-4-3-5-7-12/h3-9,11,18H,10H2,1-2H3,(H,17,21)(H,19,20). The van der Waals surface area contributed by atoms with Crippen LogP contribution in [0.15, 0.2) is 42.5 Å². The van der Waals surface area contributed by atoms with Crippen molar-refractivity contribution in [2.75, 3.05) is 11.9 Å². The third kappa shape index (κ3) is 4.21. The lowest BCUT2D eigenvalue weighted by Gasteiger charge is -2.06. The van der Waals surface area contributed by atoms with Gasteiger partial charge in [-0.05, 0) is 30.2 Å². The smallest absolute Gasteiger partial charge is 0.267 e. The highest BCUT2D eigenvalue weighted by atomic mass is 16.2. The third-order valence-corrected chi connectivity index (χ3v) is 2.89. The minimum Gasteiger partial charge on any atom is -0.351 e. The van der Waals surface area contributed by atoms with E-state index in [-0.39, 0.29) is 11.8 Å². The molecule has 0 aliphatic rings. The summed E-state index contributed by atoms with van der Waals surface area (Å²) in [6.45, 7) is 4.67. The first kappa shape index (κ1) is 14.8. The Kier molecular flexibility index (Phi) is 4.77. The van der Waals surface area contributed by atoms with Gasteiger partial charge in [-0.15, -0.1) is 0 Å².